The minimum absolute atomic E-state index is 0.171. The zero-order chi connectivity index (χ0) is 28.7. The van der Waals surface area contributed by atoms with Gasteiger partial charge in [-0.15, -0.1) is 0 Å². The summed E-state index contributed by atoms with van der Waals surface area (Å²) in [6, 6.07) is 15.9. The van der Waals surface area contributed by atoms with E-state index in [4.69, 9.17) is 16.7 Å². The number of aromatic nitrogens is 4. The smallest absolute Gasteiger partial charge is 0.261 e. The summed E-state index contributed by atoms with van der Waals surface area (Å²) in [5.74, 6) is -0.382. The van der Waals surface area contributed by atoms with Crippen LogP contribution in [-0.4, -0.2) is 49.5 Å². The van der Waals surface area contributed by atoms with Gasteiger partial charge in [-0.3, -0.25) is 23.9 Å². The van der Waals surface area contributed by atoms with E-state index < -0.39 is 0 Å². The Labute approximate surface area is 248 Å². The van der Waals surface area contributed by atoms with Gasteiger partial charge in [0.2, 0.25) is 0 Å². The molecule has 3 aromatic heterocycles. The van der Waals surface area contributed by atoms with Crippen LogP contribution in [0.5, 0.6) is 0 Å². The van der Waals surface area contributed by atoms with Gasteiger partial charge in [0.15, 0.2) is 0 Å². The minimum Gasteiger partial charge on any atom is -0.355 e. The molecule has 9 nitrogen and oxygen atoms in total. The molecule has 4 heterocycles. The molecule has 0 saturated heterocycles. The molecule has 0 fully saturated rings. The lowest BCUT2D eigenvalue weighted by molar-refractivity contribution is 0.0729. The van der Waals surface area contributed by atoms with Crippen LogP contribution in [0.2, 0.25) is 5.02 Å². The fraction of sp³-hybridized carbons (Fsp3) is 0.167. The topological polar surface area (TPSA) is 102 Å². The highest BCUT2D eigenvalue weighted by molar-refractivity contribution is 9.10. The van der Waals surface area contributed by atoms with E-state index in [1.807, 2.05) is 12.1 Å². The molecule has 2 aromatic carbocycles. The molecule has 1 N–H and O–H groups in total. The van der Waals surface area contributed by atoms with E-state index in [1.165, 1.54) is 0 Å². The van der Waals surface area contributed by atoms with Crippen LogP contribution in [0.3, 0.4) is 0 Å². The summed E-state index contributed by atoms with van der Waals surface area (Å²) in [4.78, 5) is 45.6. The van der Waals surface area contributed by atoms with Crippen LogP contribution in [0.1, 0.15) is 43.1 Å². The molecule has 1 aliphatic heterocycles. The van der Waals surface area contributed by atoms with E-state index in [0.29, 0.717) is 62.6 Å². The van der Waals surface area contributed by atoms with E-state index in [2.05, 4.69) is 26.2 Å². The van der Waals surface area contributed by atoms with Crippen molar-refractivity contribution in [2.45, 2.75) is 19.4 Å². The van der Waals surface area contributed by atoms with Crippen molar-refractivity contribution in [2.75, 3.05) is 13.6 Å². The van der Waals surface area contributed by atoms with Crippen molar-refractivity contribution in [2.24, 2.45) is 0 Å². The molecule has 0 aliphatic carbocycles. The number of nitrogens with zero attached hydrogens (tertiary/aromatic N) is 5. The number of halogens is 2. The minimum atomic E-state index is -0.210. The first-order valence-electron chi connectivity index (χ1n) is 12.9. The number of rotatable bonds is 5. The predicted molar refractivity (Wildman–Crippen MR) is 159 cm³/mol. The molecular formula is C30H24BrClN6O3. The van der Waals surface area contributed by atoms with E-state index in [1.54, 1.807) is 82.1 Å². The number of hydrogen-bond donors (Lipinski definition) is 1. The predicted octanol–water partition coefficient (Wildman–Crippen LogP) is 4.45. The van der Waals surface area contributed by atoms with Gasteiger partial charge in [0.25, 0.3) is 17.4 Å². The molecule has 5 aromatic rings. The van der Waals surface area contributed by atoms with Crippen molar-refractivity contribution in [1.82, 2.24) is 29.4 Å². The summed E-state index contributed by atoms with van der Waals surface area (Å²) in [6.45, 7) is 0.595. The molecule has 0 spiro atoms. The SMILES string of the molecule is CNC(=O)c1ccc(-n2c(=O)c3c(n4ncc(Cc5cccnc5)c24)CN(C(=O)c2ccc(Br)c(Cl)c2)CC3)cc1. The summed E-state index contributed by atoms with van der Waals surface area (Å²) in [7, 11) is 1.57. The second kappa shape index (κ2) is 10.9. The second-order valence-corrected chi connectivity index (χ2v) is 11.0. The third-order valence-electron chi connectivity index (χ3n) is 7.25. The molecule has 0 atom stereocenters. The first-order valence-corrected chi connectivity index (χ1v) is 14.1. The Hall–Kier alpha value is -4.28. The maximum atomic E-state index is 14.1. The monoisotopic (exact) mass is 630 g/mol. The van der Waals surface area contributed by atoms with Crippen LogP contribution in [0.15, 0.2) is 82.5 Å². The second-order valence-electron chi connectivity index (χ2n) is 9.74. The highest BCUT2D eigenvalue weighted by Gasteiger charge is 2.29. The summed E-state index contributed by atoms with van der Waals surface area (Å²) in [5.41, 5.74) is 5.08. The van der Waals surface area contributed by atoms with Crippen LogP contribution >= 0.6 is 27.5 Å². The first-order chi connectivity index (χ1) is 19.9. The Morgan fingerprint density at radius 1 is 1.07 bits per heavy atom. The zero-order valence-electron chi connectivity index (χ0n) is 22.0. The largest absolute Gasteiger partial charge is 0.355 e. The molecule has 1 aliphatic rings. The molecule has 0 radical (unpaired) electrons. The summed E-state index contributed by atoms with van der Waals surface area (Å²) in [6.07, 6.45) is 6.13. The number of nitrogens with one attached hydrogen (secondary N) is 1. The molecule has 11 heteroatoms. The maximum Gasteiger partial charge on any atom is 0.261 e. The van der Waals surface area contributed by atoms with Crippen molar-refractivity contribution in [3.63, 3.8) is 0 Å². The molecule has 206 valence electrons. The lowest BCUT2D eigenvalue weighted by Gasteiger charge is -2.30. The van der Waals surface area contributed by atoms with E-state index in [-0.39, 0.29) is 23.9 Å². The van der Waals surface area contributed by atoms with Gasteiger partial charge in [-0.05, 0) is 76.4 Å². The van der Waals surface area contributed by atoms with Crippen LogP contribution < -0.4 is 10.9 Å². The van der Waals surface area contributed by atoms with Crippen LogP contribution in [-0.2, 0) is 19.4 Å². The number of hydrogen-bond acceptors (Lipinski definition) is 5. The Kier molecular flexibility index (Phi) is 7.19. The van der Waals surface area contributed by atoms with Crippen LogP contribution in [0, 0.1) is 0 Å². The maximum absolute atomic E-state index is 14.1. The van der Waals surface area contributed by atoms with Crippen molar-refractivity contribution in [1.29, 1.82) is 0 Å². The number of pyridine rings is 1. The van der Waals surface area contributed by atoms with Gasteiger partial charge in [0.1, 0.15) is 5.65 Å². The molecular weight excluding hydrogens is 608 g/mol. The van der Waals surface area contributed by atoms with Crippen LogP contribution in [0.4, 0.5) is 0 Å². The summed E-state index contributed by atoms with van der Waals surface area (Å²) >= 11 is 9.62. The Bertz CT molecular complexity index is 1870. The van der Waals surface area contributed by atoms with Gasteiger partial charge >= 0.3 is 0 Å². The third-order valence-corrected chi connectivity index (χ3v) is 8.48. The van der Waals surface area contributed by atoms with E-state index >= 15 is 0 Å². The third kappa shape index (κ3) is 4.93. The molecule has 0 unspecified atom stereocenters. The zero-order valence-corrected chi connectivity index (χ0v) is 24.3. The molecule has 6 rings (SSSR count). The molecule has 2 amide bonds. The van der Waals surface area contributed by atoms with Gasteiger partial charge in [0, 0.05) is 59.1 Å². The Morgan fingerprint density at radius 3 is 2.56 bits per heavy atom. The summed E-state index contributed by atoms with van der Waals surface area (Å²) < 4.78 is 4.13. The van der Waals surface area contributed by atoms with E-state index in [0.717, 1.165) is 11.1 Å². The number of benzene rings is 2. The molecule has 0 bridgehead atoms. The van der Waals surface area contributed by atoms with Crippen molar-refractivity contribution in [3.8, 4) is 5.69 Å². The fourth-order valence-corrected chi connectivity index (χ4v) is 5.62. The van der Waals surface area contributed by atoms with Crippen molar-refractivity contribution >= 4 is 45.0 Å². The van der Waals surface area contributed by atoms with Crippen LogP contribution in [0.25, 0.3) is 11.3 Å². The van der Waals surface area contributed by atoms with Gasteiger partial charge in [-0.2, -0.15) is 5.10 Å². The van der Waals surface area contributed by atoms with Gasteiger partial charge < -0.3 is 10.2 Å². The lowest BCUT2D eigenvalue weighted by Crippen LogP contribution is -2.41. The number of carbonyl (C=O) groups is 2. The van der Waals surface area contributed by atoms with Gasteiger partial charge in [-0.1, -0.05) is 17.7 Å². The fourth-order valence-electron chi connectivity index (χ4n) is 5.19. The average Bonchev–Trinajstić information content (AvgIpc) is 3.41. The summed E-state index contributed by atoms with van der Waals surface area (Å²) in [5, 5.41) is 7.78. The van der Waals surface area contributed by atoms with Gasteiger partial charge in [0.05, 0.1) is 29.1 Å². The average molecular weight is 632 g/mol. The van der Waals surface area contributed by atoms with Crippen molar-refractivity contribution in [3.05, 3.63) is 127 Å². The Morgan fingerprint density at radius 2 is 1.85 bits per heavy atom. The van der Waals surface area contributed by atoms with E-state index in [9.17, 15) is 14.4 Å². The normalized spacial score (nSPS) is 12.8. The standard InChI is InChI=1S/C30H24BrClN6O3/c1-33-27(39)19-4-7-22(8-5-19)37-28-21(13-18-3-2-11-34-15-18)16-35-38(28)26-17-36(12-10-23(26)30(37)41)29(40)20-6-9-24(31)25(32)14-20/h2-9,11,14-16H,10,12-13,17H2,1H3,(H,33,39). The van der Waals surface area contributed by atoms with Gasteiger partial charge in [-0.25, -0.2) is 4.52 Å². The van der Waals surface area contributed by atoms with Crippen molar-refractivity contribution < 1.29 is 9.59 Å². The molecule has 41 heavy (non-hydrogen) atoms. The highest BCUT2D eigenvalue weighted by Crippen LogP contribution is 2.27. The lowest BCUT2D eigenvalue weighted by atomic mass is 10.0. The highest BCUT2D eigenvalue weighted by atomic mass is 79.9. The first kappa shape index (κ1) is 26.9. The number of fused-ring (bicyclic) bond motifs is 3. The number of amides is 2. The molecule has 0 saturated carbocycles. The quantitative estimate of drug-likeness (QED) is 0.309. The number of carbonyl (C=O) groups excluding carboxylic acids is 2. The Balaban J connectivity index is 1.48.